The Hall–Kier alpha value is -0.730. The molecule has 4 heteroatoms. The normalized spacial score (nSPS) is 13.9. The van der Waals surface area contributed by atoms with Gasteiger partial charge >= 0.3 is 0 Å². The first kappa shape index (κ1) is 15.7. The van der Waals surface area contributed by atoms with Gasteiger partial charge in [0.25, 0.3) is 0 Å². The molecule has 1 atom stereocenters. The van der Waals surface area contributed by atoms with Crippen molar-refractivity contribution in [2.75, 3.05) is 0 Å². The molecule has 0 saturated carbocycles. The zero-order valence-electron chi connectivity index (χ0n) is 12.6. The number of fused-ring (bicyclic) bond motifs is 1. The van der Waals surface area contributed by atoms with E-state index in [0.29, 0.717) is 0 Å². The number of hydrogen-bond donors (Lipinski definition) is 0. The van der Waals surface area contributed by atoms with Gasteiger partial charge in [-0.15, -0.1) is 11.6 Å². The van der Waals surface area contributed by atoms with Crippen molar-refractivity contribution in [3.63, 3.8) is 0 Å². The molecule has 0 spiro atoms. The van der Waals surface area contributed by atoms with Crippen molar-refractivity contribution in [1.29, 1.82) is 0 Å². The zero-order chi connectivity index (χ0) is 14.9. The summed E-state index contributed by atoms with van der Waals surface area (Å²) in [5.41, 5.74) is 1.97. The summed E-state index contributed by atoms with van der Waals surface area (Å²) in [4.78, 5) is 4.73. The van der Waals surface area contributed by atoms with E-state index in [1.807, 2.05) is 25.1 Å². The molecule has 1 aromatic carbocycles. The fraction of sp³-hybridized carbons (Fsp3) is 0.562. The highest BCUT2D eigenvalue weighted by molar-refractivity contribution is 6.35. The summed E-state index contributed by atoms with van der Waals surface area (Å²) < 4.78 is 2.29. The summed E-state index contributed by atoms with van der Waals surface area (Å²) in [6.45, 7) is 8.63. The van der Waals surface area contributed by atoms with E-state index in [0.717, 1.165) is 41.1 Å². The lowest BCUT2D eigenvalue weighted by molar-refractivity contribution is 0.251. The fourth-order valence-corrected chi connectivity index (χ4v) is 3.48. The SMILES string of the molecule is CCC(CC)(CC)n1c(C(C)Cl)nc2cccc(Cl)c21. The monoisotopic (exact) mass is 312 g/mol. The van der Waals surface area contributed by atoms with Gasteiger partial charge in [0.05, 0.1) is 21.4 Å². The maximum Gasteiger partial charge on any atom is 0.128 e. The van der Waals surface area contributed by atoms with Crippen molar-refractivity contribution in [1.82, 2.24) is 9.55 Å². The van der Waals surface area contributed by atoms with Crippen molar-refractivity contribution < 1.29 is 0 Å². The van der Waals surface area contributed by atoms with E-state index in [1.54, 1.807) is 0 Å². The van der Waals surface area contributed by atoms with Crippen LogP contribution in [0.5, 0.6) is 0 Å². The number of nitrogens with zero attached hydrogens (tertiary/aromatic N) is 2. The van der Waals surface area contributed by atoms with Gasteiger partial charge in [-0.05, 0) is 38.3 Å². The third-order valence-electron chi connectivity index (χ3n) is 4.46. The summed E-state index contributed by atoms with van der Waals surface area (Å²) in [7, 11) is 0. The highest BCUT2D eigenvalue weighted by Gasteiger charge is 2.32. The number of hydrogen-bond acceptors (Lipinski definition) is 1. The van der Waals surface area contributed by atoms with Crippen LogP contribution in [0.25, 0.3) is 11.0 Å². The van der Waals surface area contributed by atoms with E-state index in [4.69, 9.17) is 28.2 Å². The van der Waals surface area contributed by atoms with Crippen LogP contribution in [0.3, 0.4) is 0 Å². The third kappa shape index (κ3) is 2.33. The van der Waals surface area contributed by atoms with Gasteiger partial charge in [0, 0.05) is 5.54 Å². The van der Waals surface area contributed by atoms with Crippen LogP contribution in [-0.2, 0) is 5.54 Å². The van der Waals surface area contributed by atoms with Crippen LogP contribution in [0.15, 0.2) is 18.2 Å². The second-order valence-corrected chi connectivity index (χ2v) is 6.38. The van der Waals surface area contributed by atoms with Gasteiger partial charge in [-0.25, -0.2) is 4.98 Å². The molecule has 2 nitrogen and oxygen atoms in total. The second kappa shape index (κ2) is 5.95. The zero-order valence-corrected chi connectivity index (χ0v) is 14.1. The van der Waals surface area contributed by atoms with Gasteiger partial charge in [0.2, 0.25) is 0 Å². The fourth-order valence-electron chi connectivity index (χ4n) is 3.07. The molecule has 0 aliphatic rings. The first-order chi connectivity index (χ1) is 9.50. The third-order valence-corrected chi connectivity index (χ3v) is 4.96. The predicted molar refractivity (Wildman–Crippen MR) is 87.9 cm³/mol. The number of benzene rings is 1. The van der Waals surface area contributed by atoms with Crippen LogP contribution < -0.4 is 0 Å². The Morgan fingerprint density at radius 3 is 2.30 bits per heavy atom. The number of rotatable bonds is 5. The highest BCUT2D eigenvalue weighted by atomic mass is 35.5. The molecule has 2 rings (SSSR count). The Balaban J connectivity index is 2.87. The minimum atomic E-state index is -0.137. The maximum atomic E-state index is 6.45. The van der Waals surface area contributed by atoms with E-state index in [1.165, 1.54) is 0 Å². The Morgan fingerprint density at radius 2 is 1.80 bits per heavy atom. The van der Waals surface area contributed by atoms with Gasteiger partial charge in [0.1, 0.15) is 5.82 Å². The molecular formula is C16H22Cl2N2. The van der Waals surface area contributed by atoms with E-state index >= 15 is 0 Å². The van der Waals surface area contributed by atoms with Crippen molar-refractivity contribution in [3.05, 3.63) is 29.0 Å². The van der Waals surface area contributed by atoms with Crippen LogP contribution in [-0.4, -0.2) is 9.55 Å². The molecule has 0 radical (unpaired) electrons. The highest BCUT2D eigenvalue weighted by Crippen LogP contribution is 2.39. The molecular weight excluding hydrogens is 291 g/mol. The van der Waals surface area contributed by atoms with Gasteiger partial charge in [-0.1, -0.05) is 38.4 Å². The first-order valence-corrected chi connectivity index (χ1v) is 8.13. The molecule has 0 amide bonds. The minimum absolute atomic E-state index is 0.0260. The maximum absolute atomic E-state index is 6.45. The minimum Gasteiger partial charge on any atom is -0.319 e. The van der Waals surface area contributed by atoms with Gasteiger partial charge in [0.15, 0.2) is 0 Å². The molecule has 2 aromatic rings. The van der Waals surface area contributed by atoms with Crippen molar-refractivity contribution in [3.8, 4) is 0 Å². The Bertz CT molecular complexity index is 590. The van der Waals surface area contributed by atoms with Gasteiger partial charge < -0.3 is 4.57 Å². The van der Waals surface area contributed by atoms with Crippen LogP contribution in [0.1, 0.15) is 58.2 Å². The number of imidazole rings is 1. The van der Waals surface area contributed by atoms with E-state index in [2.05, 4.69) is 25.3 Å². The smallest absolute Gasteiger partial charge is 0.128 e. The topological polar surface area (TPSA) is 17.8 Å². The Kier molecular flexibility index (Phi) is 4.66. The molecule has 20 heavy (non-hydrogen) atoms. The van der Waals surface area contributed by atoms with Crippen molar-refractivity contribution >= 4 is 34.2 Å². The summed E-state index contributed by atoms with van der Waals surface area (Å²) in [6.07, 6.45) is 3.11. The largest absolute Gasteiger partial charge is 0.319 e. The van der Waals surface area contributed by atoms with Crippen LogP contribution in [0.2, 0.25) is 5.02 Å². The molecule has 0 fully saturated rings. The molecule has 0 bridgehead atoms. The molecule has 0 aliphatic carbocycles. The number of halogens is 2. The van der Waals surface area contributed by atoms with Gasteiger partial charge in [-0.3, -0.25) is 0 Å². The number of alkyl halides is 1. The molecule has 110 valence electrons. The van der Waals surface area contributed by atoms with E-state index in [9.17, 15) is 0 Å². The predicted octanol–water partition coefficient (Wildman–Crippen LogP) is 5.91. The van der Waals surface area contributed by atoms with Gasteiger partial charge in [-0.2, -0.15) is 0 Å². The molecule has 1 heterocycles. The average molecular weight is 313 g/mol. The molecule has 0 N–H and O–H groups in total. The van der Waals surface area contributed by atoms with Crippen LogP contribution >= 0.6 is 23.2 Å². The first-order valence-electron chi connectivity index (χ1n) is 7.32. The molecule has 0 saturated heterocycles. The van der Waals surface area contributed by atoms with Crippen LogP contribution in [0.4, 0.5) is 0 Å². The Labute approximate surface area is 131 Å². The van der Waals surface area contributed by atoms with Crippen molar-refractivity contribution in [2.45, 2.75) is 57.9 Å². The molecule has 1 unspecified atom stereocenters. The van der Waals surface area contributed by atoms with Crippen LogP contribution in [0, 0.1) is 0 Å². The van der Waals surface area contributed by atoms with Crippen molar-refractivity contribution in [2.24, 2.45) is 0 Å². The average Bonchev–Trinajstić information content (AvgIpc) is 2.83. The Morgan fingerprint density at radius 1 is 1.20 bits per heavy atom. The quantitative estimate of drug-likeness (QED) is 0.627. The molecule has 1 aromatic heterocycles. The summed E-state index contributed by atoms with van der Waals surface area (Å²) >= 11 is 12.8. The lowest BCUT2D eigenvalue weighted by Gasteiger charge is -2.35. The standard InChI is InChI=1S/C16H22Cl2N2/c1-5-16(6-2,7-3)20-14-12(18)9-8-10-13(14)19-15(20)11(4)17/h8-11H,5-7H2,1-4H3. The number of aromatic nitrogens is 2. The number of para-hydroxylation sites is 1. The lowest BCUT2D eigenvalue weighted by Crippen LogP contribution is -2.33. The van der Waals surface area contributed by atoms with E-state index in [-0.39, 0.29) is 10.9 Å². The summed E-state index contributed by atoms with van der Waals surface area (Å²) in [5, 5.41) is 0.612. The summed E-state index contributed by atoms with van der Waals surface area (Å²) in [6, 6.07) is 5.87. The molecule has 0 aliphatic heterocycles. The van der Waals surface area contributed by atoms with E-state index < -0.39 is 0 Å². The lowest BCUT2D eigenvalue weighted by atomic mass is 9.89. The summed E-state index contributed by atoms with van der Waals surface area (Å²) in [5.74, 6) is 0.917. The second-order valence-electron chi connectivity index (χ2n) is 5.31.